The third-order valence-electron chi connectivity index (χ3n) is 4.44. The number of halogens is 1. The van der Waals surface area contributed by atoms with E-state index in [1.807, 2.05) is 11.0 Å². The number of amides is 2. The fourth-order valence-electron chi connectivity index (χ4n) is 2.87. The van der Waals surface area contributed by atoms with Gasteiger partial charge in [-0.2, -0.15) is 0 Å². The molecule has 1 heterocycles. The van der Waals surface area contributed by atoms with Crippen molar-refractivity contribution in [3.63, 3.8) is 0 Å². The van der Waals surface area contributed by atoms with Gasteiger partial charge in [0.05, 0.1) is 5.69 Å². The summed E-state index contributed by atoms with van der Waals surface area (Å²) in [6.45, 7) is 7.20. The molecule has 1 fully saturated rings. The molecule has 2 amide bonds. The molecule has 1 aliphatic rings. The Balaban J connectivity index is 1.71. The molecular formula is C19H28FN3O2. The molecule has 0 aromatic heterocycles. The van der Waals surface area contributed by atoms with Gasteiger partial charge < -0.3 is 15.1 Å². The SMILES string of the molecule is CC(C)CCNC(=O)CCC(=O)N1CCN(c2ccccc2F)CC1. The van der Waals surface area contributed by atoms with Crippen LogP contribution in [0.3, 0.4) is 0 Å². The van der Waals surface area contributed by atoms with Crippen molar-refractivity contribution in [1.29, 1.82) is 0 Å². The Morgan fingerprint density at radius 1 is 1.12 bits per heavy atom. The molecular weight excluding hydrogens is 321 g/mol. The number of carbonyl (C=O) groups excluding carboxylic acids is 2. The summed E-state index contributed by atoms with van der Waals surface area (Å²) in [5, 5.41) is 2.85. The summed E-state index contributed by atoms with van der Waals surface area (Å²) >= 11 is 0. The third-order valence-corrected chi connectivity index (χ3v) is 4.44. The molecule has 1 N–H and O–H groups in total. The van der Waals surface area contributed by atoms with E-state index in [1.54, 1.807) is 17.0 Å². The Morgan fingerprint density at radius 3 is 2.44 bits per heavy atom. The zero-order valence-electron chi connectivity index (χ0n) is 15.1. The largest absolute Gasteiger partial charge is 0.366 e. The molecule has 2 rings (SSSR count). The molecule has 1 aliphatic heterocycles. The van der Waals surface area contributed by atoms with E-state index in [2.05, 4.69) is 19.2 Å². The van der Waals surface area contributed by atoms with E-state index in [0.717, 1.165) is 6.42 Å². The van der Waals surface area contributed by atoms with Crippen LogP contribution in [0.4, 0.5) is 10.1 Å². The first-order valence-corrected chi connectivity index (χ1v) is 9.01. The van der Waals surface area contributed by atoms with Gasteiger partial charge >= 0.3 is 0 Å². The predicted octanol–water partition coefficient (Wildman–Crippen LogP) is 2.42. The number of piperazine rings is 1. The smallest absolute Gasteiger partial charge is 0.223 e. The number of benzene rings is 1. The Labute approximate surface area is 149 Å². The molecule has 1 saturated heterocycles. The minimum atomic E-state index is -0.236. The molecule has 0 spiro atoms. The lowest BCUT2D eigenvalue weighted by Gasteiger charge is -2.36. The van der Waals surface area contributed by atoms with Crippen LogP contribution < -0.4 is 10.2 Å². The standard InChI is InChI=1S/C19H28FN3O2/c1-15(2)9-10-21-18(24)7-8-19(25)23-13-11-22(12-14-23)17-6-4-3-5-16(17)20/h3-6,15H,7-14H2,1-2H3,(H,21,24). The van der Waals surface area contributed by atoms with Crippen LogP contribution in [0, 0.1) is 11.7 Å². The van der Waals surface area contributed by atoms with Gasteiger partial charge in [-0.3, -0.25) is 9.59 Å². The maximum absolute atomic E-state index is 13.8. The van der Waals surface area contributed by atoms with Crippen molar-refractivity contribution < 1.29 is 14.0 Å². The topological polar surface area (TPSA) is 52.7 Å². The van der Waals surface area contributed by atoms with E-state index in [0.29, 0.717) is 44.3 Å². The van der Waals surface area contributed by atoms with Crippen molar-refractivity contribution in [2.45, 2.75) is 33.1 Å². The summed E-state index contributed by atoms with van der Waals surface area (Å²) in [5.41, 5.74) is 0.583. The second-order valence-electron chi connectivity index (χ2n) is 6.85. The predicted molar refractivity (Wildman–Crippen MR) is 96.9 cm³/mol. The van der Waals surface area contributed by atoms with E-state index in [9.17, 15) is 14.0 Å². The average molecular weight is 349 g/mol. The van der Waals surface area contributed by atoms with Crippen LogP contribution in [-0.4, -0.2) is 49.4 Å². The quantitative estimate of drug-likeness (QED) is 0.822. The van der Waals surface area contributed by atoms with Crippen LogP contribution in [0.2, 0.25) is 0 Å². The highest BCUT2D eigenvalue weighted by Gasteiger charge is 2.22. The Bertz CT molecular complexity index is 584. The minimum absolute atomic E-state index is 0.00723. The Kier molecular flexibility index (Phi) is 7.22. The molecule has 1 aromatic rings. The molecule has 0 saturated carbocycles. The molecule has 5 nitrogen and oxygen atoms in total. The van der Waals surface area contributed by atoms with E-state index >= 15 is 0 Å². The lowest BCUT2D eigenvalue weighted by molar-refractivity contribution is -0.133. The summed E-state index contributed by atoms with van der Waals surface area (Å²) in [7, 11) is 0. The molecule has 0 unspecified atom stereocenters. The maximum atomic E-state index is 13.8. The van der Waals surface area contributed by atoms with Gasteiger partial charge in [0.15, 0.2) is 0 Å². The number of para-hydroxylation sites is 1. The lowest BCUT2D eigenvalue weighted by Crippen LogP contribution is -2.49. The van der Waals surface area contributed by atoms with Crippen molar-refractivity contribution in [3.8, 4) is 0 Å². The van der Waals surface area contributed by atoms with Gasteiger partial charge in [-0.15, -0.1) is 0 Å². The zero-order chi connectivity index (χ0) is 18.2. The molecule has 0 aliphatic carbocycles. The van der Waals surface area contributed by atoms with Crippen LogP contribution >= 0.6 is 0 Å². The number of nitrogens with zero attached hydrogens (tertiary/aromatic N) is 2. The summed E-state index contributed by atoms with van der Waals surface area (Å²) < 4.78 is 13.8. The molecule has 0 bridgehead atoms. The van der Waals surface area contributed by atoms with E-state index in [4.69, 9.17) is 0 Å². The first kappa shape index (κ1) is 19.2. The third kappa shape index (κ3) is 6.03. The van der Waals surface area contributed by atoms with Crippen molar-refractivity contribution >= 4 is 17.5 Å². The summed E-state index contributed by atoms with van der Waals surface area (Å²) in [4.78, 5) is 27.7. The molecule has 0 atom stereocenters. The molecule has 25 heavy (non-hydrogen) atoms. The molecule has 6 heteroatoms. The van der Waals surface area contributed by atoms with Crippen molar-refractivity contribution in [3.05, 3.63) is 30.1 Å². The number of hydrogen-bond acceptors (Lipinski definition) is 3. The fraction of sp³-hybridized carbons (Fsp3) is 0.579. The van der Waals surface area contributed by atoms with Crippen molar-refractivity contribution in [2.24, 2.45) is 5.92 Å². The van der Waals surface area contributed by atoms with E-state index in [-0.39, 0.29) is 30.5 Å². The Hall–Kier alpha value is -2.11. The fourth-order valence-corrected chi connectivity index (χ4v) is 2.87. The van der Waals surface area contributed by atoms with Crippen LogP contribution in [0.1, 0.15) is 33.1 Å². The molecule has 1 aromatic carbocycles. The van der Waals surface area contributed by atoms with Crippen LogP contribution in [-0.2, 0) is 9.59 Å². The number of rotatable bonds is 7. The van der Waals surface area contributed by atoms with E-state index in [1.165, 1.54) is 6.07 Å². The van der Waals surface area contributed by atoms with Crippen LogP contribution in [0.15, 0.2) is 24.3 Å². The minimum Gasteiger partial charge on any atom is -0.366 e. The van der Waals surface area contributed by atoms with Crippen LogP contribution in [0.5, 0.6) is 0 Å². The summed E-state index contributed by atoms with van der Waals surface area (Å²) in [5.74, 6) is 0.235. The Morgan fingerprint density at radius 2 is 1.80 bits per heavy atom. The highest BCUT2D eigenvalue weighted by molar-refractivity contribution is 5.83. The zero-order valence-corrected chi connectivity index (χ0v) is 15.1. The number of nitrogens with one attached hydrogen (secondary N) is 1. The van der Waals surface area contributed by atoms with Gasteiger partial charge in [-0.1, -0.05) is 26.0 Å². The second-order valence-corrected chi connectivity index (χ2v) is 6.85. The van der Waals surface area contributed by atoms with Crippen LogP contribution in [0.25, 0.3) is 0 Å². The average Bonchev–Trinajstić information content (AvgIpc) is 2.60. The van der Waals surface area contributed by atoms with Crippen molar-refractivity contribution in [2.75, 3.05) is 37.6 Å². The van der Waals surface area contributed by atoms with Crippen molar-refractivity contribution in [1.82, 2.24) is 10.2 Å². The summed E-state index contributed by atoms with van der Waals surface area (Å²) in [6.07, 6.45) is 1.40. The van der Waals surface area contributed by atoms with Gasteiger partial charge in [0, 0.05) is 45.6 Å². The van der Waals surface area contributed by atoms with Gasteiger partial charge in [-0.05, 0) is 24.5 Å². The van der Waals surface area contributed by atoms with Gasteiger partial charge in [0.25, 0.3) is 0 Å². The molecule has 0 radical (unpaired) electrons. The molecule has 138 valence electrons. The lowest BCUT2D eigenvalue weighted by atomic mass is 10.1. The highest BCUT2D eigenvalue weighted by atomic mass is 19.1. The maximum Gasteiger partial charge on any atom is 0.223 e. The number of carbonyl (C=O) groups is 2. The second kappa shape index (κ2) is 9.39. The first-order chi connectivity index (χ1) is 12.0. The highest BCUT2D eigenvalue weighted by Crippen LogP contribution is 2.20. The first-order valence-electron chi connectivity index (χ1n) is 9.01. The van der Waals surface area contributed by atoms with E-state index < -0.39 is 0 Å². The van der Waals surface area contributed by atoms with Gasteiger partial charge in [0.2, 0.25) is 11.8 Å². The number of hydrogen-bond donors (Lipinski definition) is 1. The summed E-state index contributed by atoms with van der Waals surface area (Å²) in [6, 6.07) is 6.69. The monoisotopic (exact) mass is 349 g/mol. The normalized spacial score (nSPS) is 14.7. The number of anilines is 1. The van der Waals surface area contributed by atoms with Gasteiger partial charge in [-0.25, -0.2) is 4.39 Å². The van der Waals surface area contributed by atoms with Gasteiger partial charge in [0.1, 0.15) is 5.82 Å².